The lowest BCUT2D eigenvalue weighted by Crippen LogP contribution is -2.37. The number of aliphatic hydroxyl groups is 1. The van der Waals surface area contributed by atoms with Crippen LogP contribution >= 0.6 is 0 Å². The molecule has 0 aliphatic heterocycles. The maximum atomic E-state index is 9.75. The molecule has 2 heteroatoms. The predicted octanol–water partition coefficient (Wildman–Crippen LogP) is 3.34. The minimum atomic E-state index is -0.173. The SMILES string of the molecule is CC(C)CC(CN)(CO)Cc1ccc(C(C)C)cc1. The summed E-state index contributed by atoms with van der Waals surface area (Å²) in [5.41, 5.74) is 8.38. The predicted molar refractivity (Wildman–Crippen MR) is 82.3 cm³/mol. The van der Waals surface area contributed by atoms with Crippen LogP contribution in [-0.4, -0.2) is 18.3 Å². The van der Waals surface area contributed by atoms with Gasteiger partial charge in [-0.3, -0.25) is 0 Å². The summed E-state index contributed by atoms with van der Waals surface area (Å²) in [5.74, 6) is 1.10. The number of hydrogen-bond donors (Lipinski definition) is 2. The van der Waals surface area contributed by atoms with Crippen molar-refractivity contribution in [3.8, 4) is 0 Å². The van der Waals surface area contributed by atoms with Crippen LogP contribution in [-0.2, 0) is 6.42 Å². The molecule has 0 fully saturated rings. The van der Waals surface area contributed by atoms with Gasteiger partial charge >= 0.3 is 0 Å². The molecule has 0 aliphatic carbocycles. The summed E-state index contributed by atoms with van der Waals surface area (Å²) in [6.07, 6.45) is 1.82. The van der Waals surface area contributed by atoms with Gasteiger partial charge in [0.15, 0.2) is 0 Å². The van der Waals surface area contributed by atoms with E-state index < -0.39 is 0 Å². The average molecular weight is 263 g/mol. The van der Waals surface area contributed by atoms with Crippen LogP contribution in [0, 0.1) is 11.3 Å². The number of rotatable bonds is 7. The Bertz CT molecular complexity index is 363. The topological polar surface area (TPSA) is 46.2 Å². The fraction of sp³-hybridized carbons (Fsp3) is 0.647. The zero-order valence-corrected chi connectivity index (χ0v) is 12.8. The minimum Gasteiger partial charge on any atom is -0.396 e. The zero-order valence-electron chi connectivity index (χ0n) is 12.8. The molecule has 0 aliphatic rings. The van der Waals surface area contributed by atoms with E-state index in [4.69, 9.17) is 5.73 Å². The summed E-state index contributed by atoms with van der Waals surface area (Å²) in [6.45, 7) is 9.46. The highest BCUT2D eigenvalue weighted by molar-refractivity contribution is 5.25. The van der Waals surface area contributed by atoms with Crippen molar-refractivity contribution in [2.45, 2.75) is 46.5 Å². The Kier molecular flexibility index (Phi) is 6.02. The molecule has 1 rings (SSSR count). The first-order chi connectivity index (χ1) is 8.92. The number of aliphatic hydroxyl groups excluding tert-OH is 1. The Hall–Kier alpha value is -0.860. The molecule has 108 valence electrons. The van der Waals surface area contributed by atoms with Gasteiger partial charge < -0.3 is 10.8 Å². The molecule has 0 bridgehead atoms. The Morgan fingerprint density at radius 1 is 1.11 bits per heavy atom. The molecule has 0 heterocycles. The molecule has 2 nitrogen and oxygen atoms in total. The van der Waals surface area contributed by atoms with Gasteiger partial charge in [0.2, 0.25) is 0 Å². The van der Waals surface area contributed by atoms with Gasteiger partial charge in [0.05, 0.1) is 6.61 Å². The molecule has 0 spiro atoms. The van der Waals surface area contributed by atoms with Crippen molar-refractivity contribution < 1.29 is 5.11 Å². The van der Waals surface area contributed by atoms with Gasteiger partial charge in [0, 0.05) is 12.0 Å². The molecule has 1 aromatic carbocycles. The van der Waals surface area contributed by atoms with Crippen LogP contribution < -0.4 is 5.73 Å². The molecule has 1 unspecified atom stereocenters. The van der Waals surface area contributed by atoms with E-state index in [1.807, 2.05) is 0 Å². The molecule has 19 heavy (non-hydrogen) atoms. The van der Waals surface area contributed by atoms with Crippen LogP contribution in [0.1, 0.15) is 51.2 Å². The van der Waals surface area contributed by atoms with E-state index in [9.17, 15) is 5.11 Å². The molecule has 0 radical (unpaired) electrons. The van der Waals surface area contributed by atoms with Crippen molar-refractivity contribution in [1.29, 1.82) is 0 Å². The lowest BCUT2D eigenvalue weighted by atomic mass is 9.76. The molecular weight excluding hydrogens is 234 g/mol. The van der Waals surface area contributed by atoms with E-state index in [2.05, 4.69) is 52.0 Å². The fourth-order valence-corrected chi connectivity index (χ4v) is 2.73. The Balaban J connectivity index is 2.84. The van der Waals surface area contributed by atoms with E-state index in [1.54, 1.807) is 0 Å². The Morgan fingerprint density at radius 3 is 2.05 bits per heavy atom. The maximum absolute atomic E-state index is 9.75. The smallest absolute Gasteiger partial charge is 0.0502 e. The Labute approximate surface area is 118 Å². The van der Waals surface area contributed by atoms with Crippen LogP contribution in [0.5, 0.6) is 0 Å². The van der Waals surface area contributed by atoms with Gasteiger partial charge in [0.1, 0.15) is 0 Å². The molecule has 0 amide bonds. The van der Waals surface area contributed by atoms with E-state index in [-0.39, 0.29) is 12.0 Å². The van der Waals surface area contributed by atoms with Crippen LogP contribution in [0.4, 0.5) is 0 Å². The summed E-state index contributed by atoms with van der Waals surface area (Å²) < 4.78 is 0. The molecule has 0 aromatic heterocycles. The fourth-order valence-electron chi connectivity index (χ4n) is 2.73. The van der Waals surface area contributed by atoms with E-state index in [1.165, 1.54) is 11.1 Å². The molecular formula is C17H29NO. The van der Waals surface area contributed by atoms with Crippen LogP contribution in [0.15, 0.2) is 24.3 Å². The minimum absolute atomic E-state index is 0.160. The highest BCUT2D eigenvalue weighted by Crippen LogP contribution is 2.30. The summed E-state index contributed by atoms with van der Waals surface area (Å²) >= 11 is 0. The van der Waals surface area contributed by atoms with Gasteiger partial charge in [-0.25, -0.2) is 0 Å². The van der Waals surface area contributed by atoms with E-state index >= 15 is 0 Å². The van der Waals surface area contributed by atoms with Crippen molar-refractivity contribution in [2.75, 3.05) is 13.2 Å². The van der Waals surface area contributed by atoms with Crippen LogP contribution in [0.25, 0.3) is 0 Å². The lowest BCUT2D eigenvalue weighted by Gasteiger charge is -2.32. The van der Waals surface area contributed by atoms with Crippen LogP contribution in [0.2, 0.25) is 0 Å². The molecule has 0 saturated heterocycles. The summed E-state index contributed by atoms with van der Waals surface area (Å²) in [4.78, 5) is 0. The third-order valence-electron chi connectivity index (χ3n) is 3.84. The van der Waals surface area contributed by atoms with Gasteiger partial charge in [0.25, 0.3) is 0 Å². The monoisotopic (exact) mass is 263 g/mol. The summed E-state index contributed by atoms with van der Waals surface area (Å²) in [7, 11) is 0. The molecule has 1 aromatic rings. The van der Waals surface area contributed by atoms with Gasteiger partial charge in [-0.1, -0.05) is 52.0 Å². The van der Waals surface area contributed by atoms with Gasteiger partial charge in [-0.15, -0.1) is 0 Å². The lowest BCUT2D eigenvalue weighted by molar-refractivity contribution is 0.108. The second-order valence-electron chi connectivity index (χ2n) is 6.53. The van der Waals surface area contributed by atoms with Crippen molar-refractivity contribution >= 4 is 0 Å². The highest BCUT2D eigenvalue weighted by atomic mass is 16.3. The average Bonchev–Trinajstić information content (AvgIpc) is 2.38. The van der Waals surface area contributed by atoms with E-state index in [0.29, 0.717) is 18.4 Å². The van der Waals surface area contributed by atoms with Crippen molar-refractivity contribution in [1.82, 2.24) is 0 Å². The first-order valence-electron chi connectivity index (χ1n) is 7.32. The quantitative estimate of drug-likeness (QED) is 0.792. The zero-order chi connectivity index (χ0) is 14.5. The molecule has 3 N–H and O–H groups in total. The third-order valence-corrected chi connectivity index (χ3v) is 3.84. The maximum Gasteiger partial charge on any atom is 0.0502 e. The number of nitrogens with two attached hydrogens (primary N) is 1. The van der Waals surface area contributed by atoms with Crippen LogP contribution in [0.3, 0.4) is 0 Å². The summed E-state index contributed by atoms with van der Waals surface area (Å²) in [6, 6.07) is 8.73. The number of benzene rings is 1. The van der Waals surface area contributed by atoms with Gasteiger partial charge in [-0.05, 0) is 35.8 Å². The second kappa shape index (κ2) is 7.06. The molecule has 1 atom stereocenters. The normalized spacial score (nSPS) is 14.9. The summed E-state index contributed by atoms with van der Waals surface area (Å²) in [5, 5.41) is 9.75. The van der Waals surface area contributed by atoms with Crippen molar-refractivity contribution in [2.24, 2.45) is 17.1 Å². The number of hydrogen-bond acceptors (Lipinski definition) is 2. The van der Waals surface area contributed by atoms with Crippen molar-refractivity contribution in [3.63, 3.8) is 0 Å². The second-order valence-corrected chi connectivity index (χ2v) is 6.53. The largest absolute Gasteiger partial charge is 0.396 e. The first-order valence-corrected chi connectivity index (χ1v) is 7.32. The van der Waals surface area contributed by atoms with Crippen molar-refractivity contribution in [3.05, 3.63) is 35.4 Å². The van der Waals surface area contributed by atoms with E-state index in [0.717, 1.165) is 12.8 Å². The Morgan fingerprint density at radius 2 is 1.68 bits per heavy atom. The van der Waals surface area contributed by atoms with Gasteiger partial charge in [-0.2, -0.15) is 0 Å². The molecule has 0 saturated carbocycles. The highest BCUT2D eigenvalue weighted by Gasteiger charge is 2.29. The first kappa shape index (κ1) is 16.2. The standard InChI is InChI=1S/C17H29NO/c1-13(2)9-17(11-18,12-19)10-15-5-7-16(8-6-15)14(3)4/h5-8,13-14,19H,9-12,18H2,1-4H3. The third kappa shape index (κ3) is 4.63.